The standard InChI is InChI=1S/C19H20ClN5O2/c1-12-16(19(27)23-13(2)22-12)7-8-18(26)24-17-9-10-21-25(17)11-14-3-5-15(20)6-4-14/h3-6,9-10H,7-8,11H2,1-2H3,(H,24,26)(H,22,23,27). The molecule has 0 saturated heterocycles. The Balaban J connectivity index is 1.63. The zero-order valence-electron chi connectivity index (χ0n) is 15.1. The molecule has 0 saturated carbocycles. The van der Waals surface area contributed by atoms with E-state index in [0.717, 1.165) is 5.56 Å². The first-order valence-electron chi connectivity index (χ1n) is 8.55. The van der Waals surface area contributed by atoms with Gasteiger partial charge in [-0.05, 0) is 38.0 Å². The second kappa shape index (κ2) is 8.18. The van der Waals surface area contributed by atoms with Crippen molar-refractivity contribution in [2.24, 2.45) is 0 Å². The minimum Gasteiger partial charge on any atom is -0.311 e. The van der Waals surface area contributed by atoms with E-state index in [-0.39, 0.29) is 17.9 Å². The van der Waals surface area contributed by atoms with Crippen molar-refractivity contribution >= 4 is 23.3 Å². The van der Waals surface area contributed by atoms with E-state index >= 15 is 0 Å². The number of halogens is 1. The molecular weight excluding hydrogens is 366 g/mol. The quantitative estimate of drug-likeness (QED) is 0.682. The van der Waals surface area contributed by atoms with Crippen molar-refractivity contribution in [2.75, 3.05) is 5.32 Å². The van der Waals surface area contributed by atoms with E-state index < -0.39 is 0 Å². The largest absolute Gasteiger partial charge is 0.311 e. The topological polar surface area (TPSA) is 92.7 Å². The number of hydrogen-bond donors (Lipinski definition) is 2. The molecule has 0 atom stereocenters. The number of amides is 1. The number of hydrogen-bond acceptors (Lipinski definition) is 4. The lowest BCUT2D eigenvalue weighted by Gasteiger charge is -2.10. The summed E-state index contributed by atoms with van der Waals surface area (Å²) < 4.78 is 1.70. The number of carbonyl (C=O) groups excluding carboxylic acids is 1. The first-order chi connectivity index (χ1) is 12.9. The number of aromatic nitrogens is 4. The average Bonchev–Trinajstić information content (AvgIpc) is 3.02. The van der Waals surface area contributed by atoms with E-state index in [0.29, 0.717) is 40.9 Å². The fourth-order valence-electron chi connectivity index (χ4n) is 2.82. The van der Waals surface area contributed by atoms with Gasteiger partial charge in [0.2, 0.25) is 5.91 Å². The van der Waals surface area contributed by atoms with Crippen LogP contribution in [-0.2, 0) is 17.8 Å². The summed E-state index contributed by atoms with van der Waals surface area (Å²) in [6.45, 7) is 4.02. The summed E-state index contributed by atoms with van der Waals surface area (Å²) in [5, 5.41) is 7.76. The number of aryl methyl sites for hydroxylation is 2. The van der Waals surface area contributed by atoms with Gasteiger partial charge in [0, 0.05) is 28.8 Å². The molecule has 2 heterocycles. The van der Waals surface area contributed by atoms with Crippen molar-refractivity contribution in [1.29, 1.82) is 0 Å². The van der Waals surface area contributed by atoms with Crippen LogP contribution in [0.4, 0.5) is 5.82 Å². The van der Waals surface area contributed by atoms with Gasteiger partial charge >= 0.3 is 0 Å². The molecule has 2 aromatic heterocycles. The highest BCUT2D eigenvalue weighted by Crippen LogP contribution is 2.14. The van der Waals surface area contributed by atoms with Crippen LogP contribution in [0.1, 0.15) is 29.1 Å². The Hall–Kier alpha value is -2.93. The summed E-state index contributed by atoms with van der Waals surface area (Å²) in [5.74, 6) is 0.978. The first kappa shape index (κ1) is 18.8. The van der Waals surface area contributed by atoms with Crippen LogP contribution in [0.3, 0.4) is 0 Å². The van der Waals surface area contributed by atoms with Gasteiger partial charge < -0.3 is 10.3 Å². The van der Waals surface area contributed by atoms with E-state index in [1.807, 2.05) is 24.3 Å². The number of rotatable bonds is 6. The van der Waals surface area contributed by atoms with Crippen LogP contribution in [-0.4, -0.2) is 25.7 Å². The number of carbonyl (C=O) groups is 1. The first-order valence-corrected chi connectivity index (χ1v) is 8.92. The van der Waals surface area contributed by atoms with Crippen LogP contribution in [0.2, 0.25) is 5.02 Å². The molecule has 140 valence electrons. The Bertz CT molecular complexity index is 1010. The SMILES string of the molecule is Cc1nc(C)c(CCC(=O)Nc2ccnn2Cc2ccc(Cl)cc2)c(=O)[nH]1. The number of nitrogens with zero attached hydrogens (tertiary/aromatic N) is 3. The third-order valence-corrected chi connectivity index (χ3v) is 4.42. The molecule has 0 spiro atoms. The molecule has 0 bridgehead atoms. The molecule has 1 amide bonds. The monoisotopic (exact) mass is 385 g/mol. The predicted molar refractivity (Wildman–Crippen MR) is 104 cm³/mol. The summed E-state index contributed by atoms with van der Waals surface area (Å²) in [6.07, 6.45) is 2.14. The van der Waals surface area contributed by atoms with Gasteiger partial charge in [-0.25, -0.2) is 9.67 Å². The Labute approximate surface area is 161 Å². The van der Waals surface area contributed by atoms with Gasteiger partial charge in [0.1, 0.15) is 11.6 Å². The van der Waals surface area contributed by atoms with Crippen LogP contribution >= 0.6 is 11.6 Å². The van der Waals surface area contributed by atoms with Crippen molar-refractivity contribution in [3.05, 3.63) is 74.6 Å². The van der Waals surface area contributed by atoms with Gasteiger partial charge in [-0.2, -0.15) is 5.10 Å². The van der Waals surface area contributed by atoms with Crippen LogP contribution in [0.25, 0.3) is 0 Å². The van der Waals surface area contributed by atoms with Crippen LogP contribution in [0.5, 0.6) is 0 Å². The Kier molecular flexibility index (Phi) is 5.71. The van der Waals surface area contributed by atoms with Gasteiger partial charge in [-0.1, -0.05) is 23.7 Å². The fourth-order valence-corrected chi connectivity index (χ4v) is 2.94. The summed E-state index contributed by atoms with van der Waals surface area (Å²) in [7, 11) is 0. The molecule has 0 radical (unpaired) electrons. The second-order valence-electron chi connectivity index (χ2n) is 6.26. The van der Waals surface area contributed by atoms with E-state index in [1.54, 1.807) is 30.8 Å². The van der Waals surface area contributed by atoms with Gasteiger partial charge in [-0.3, -0.25) is 9.59 Å². The molecule has 0 unspecified atom stereocenters. The number of benzene rings is 1. The Morgan fingerprint density at radius 2 is 1.96 bits per heavy atom. The lowest BCUT2D eigenvalue weighted by molar-refractivity contribution is -0.116. The number of nitrogens with one attached hydrogen (secondary N) is 2. The fraction of sp³-hybridized carbons (Fsp3) is 0.263. The molecule has 1 aromatic carbocycles. The maximum absolute atomic E-state index is 12.3. The predicted octanol–water partition coefficient (Wildman–Crippen LogP) is 2.86. The molecule has 0 aliphatic carbocycles. The molecule has 7 nitrogen and oxygen atoms in total. The molecule has 0 aliphatic heterocycles. The van der Waals surface area contributed by atoms with Gasteiger partial charge in [0.25, 0.3) is 5.56 Å². The van der Waals surface area contributed by atoms with Crippen molar-refractivity contribution in [3.8, 4) is 0 Å². The van der Waals surface area contributed by atoms with Crippen molar-refractivity contribution in [3.63, 3.8) is 0 Å². The summed E-state index contributed by atoms with van der Waals surface area (Å²) >= 11 is 5.90. The van der Waals surface area contributed by atoms with Gasteiger partial charge in [0.15, 0.2) is 0 Å². The van der Waals surface area contributed by atoms with Gasteiger partial charge in [0.05, 0.1) is 12.7 Å². The zero-order chi connectivity index (χ0) is 19.4. The third kappa shape index (κ3) is 4.83. The van der Waals surface area contributed by atoms with Crippen LogP contribution < -0.4 is 10.9 Å². The van der Waals surface area contributed by atoms with E-state index in [9.17, 15) is 9.59 Å². The number of H-pyrrole nitrogens is 1. The lowest BCUT2D eigenvalue weighted by atomic mass is 10.1. The van der Waals surface area contributed by atoms with Crippen molar-refractivity contribution in [2.45, 2.75) is 33.2 Å². The number of aromatic amines is 1. The van der Waals surface area contributed by atoms with Crippen LogP contribution in [0, 0.1) is 13.8 Å². The molecule has 8 heteroatoms. The second-order valence-corrected chi connectivity index (χ2v) is 6.70. The molecule has 2 N–H and O–H groups in total. The zero-order valence-corrected chi connectivity index (χ0v) is 15.9. The smallest absolute Gasteiger partial charge is 0.254 e. The lowest BCUT2D eigenvalue weighted by Crippen LogP contribution is -2.21. The minimum atomic E-state index is -0.194. The van der Waals surface area contributed by atoms with Crippen molar-refractivity contribution < 1.29 is 4.79 Å². The number of anilines is 1. The summed E-state index contributed by atoms with van der Waals surface area (Å²) in [5.41, 5.74) is 2.01. The normalized spacial score (nSPS) is 10.8. The molecule has 0 fully saturated rings. The third-order valence-electron chi connectivity index (χ3n) is 4.17. The highest BCUT2D eigenvalue weighted by atomic mass is 35.5. The molecule has 3 aromatic rings. The molecule has 0 aliphatic rings. The minimum absolute atomic E-state index is 0.181. The summed E-state index contributed by atoms with van der Waals surface area (Å²) in [6, 6.07) is 9.19. The average molecular weight is 386 g/mol. The van der Waals surface area contributed by atoms with Crippen molar-refractivity contribution in [1.82, 2.24) is 19.7 Å². The van der Waals surface area contributed by atoms with Crippen LogP contribution in [0.15, 0.2) is 41.3 Å². The maximum Gasteiger partial charge on any atom is 0.254 e. The Morgan fingerprint density at radius 3 is 2.67 bits per heavy atom. The molecule has 27 heavy (non-hydrogen) atoms. The maximum atomic E-state index is 12.3. The van der Waals surface area contributed by atoms with Gasteiger partial charge in [-0.15, -0.1) is 0 Å². The highest BCUT2D eigenvalue weighted by Gasteiger charge is 2.12. The van der Waals surface area contributed by atoms with E-state index in [1.165, 1.54) is 0 Å². The van der Waals surface area contributed by atoms with E-state index in [2.05, 4.69) is 20.4 Å². The van der Waals surface area contributed by atoms with E-state index in [4.69, 9.17) is 11.6 Å². The highest BCUT2D eigenvalue weighted by molar-refractivity contribution is 6.30. The summed E-state index contributed by atoms with van der Waals surface area (Å²) in [4.78, 5) is 31.3. The molecular formula is C19H20ClN5O2. The molecule has 3 rings (SSSR count). The Morgan fingerprint density at radius 1 is 1.22 bits per heavy atom.